The van der Waals surface area contributed by atoms with Crippen LogP contribution in [0.4, 0.5) is 0 Å². The second-order valence-corrected chi connectivity index (χ2v) is 6.64. The number of hydrogen-bond acceptors (Lipinski definition) is 4. The van der Waals surface area contributed by atoms with Crippen LogP contribution in [0, 0.1) is 5.41 Å². The van der Waals surface area contributed by atoms with E-state index in [1.54, 1.807) is 19.2 Å². The highest BCUT2D eigenvalue weighted by atomic mass is 16.5. The van der Waals surface area contributed by atoms with Gasteiger partial charge in [-0.3, -0.25) is 0 Å². The predicted molar refractivity (Wildman–Crippen MR) is 85.9 cm³/mol. The summed E-state index contributed by atoms with van der Waals surface area (Å²) in [5, 5.41) is 13.6. The smallest absolute Gasteiger partial charge is 0.120 e. The molecule has 21 heavy (non-hydrogen) atoms. The summed E-state index contributed by atoms with van der Waals surface area (Å²) >= 11 is 0. The Labute approximate surface area is 128 Å². The number of nitrogens with zero attached hydrogens (tertiary/aromatic N) is 1. The van der Waals surface area contributed by atoms with Crippen LogP contribution in [-0.2, 0) is 0 Å². The third kappa shape index (κ3) is 4.11. The van der Waals surface area contributed by atoms with Gasteiger partial charge in [-0.1, -0.05) is 6.92 Å². The van der Waals surface area contributed by atoms with Crippen molar-refractivity contribution in [1.82, 2.24) is 10.2 Å². The summed E-state index contributed by atoms with van der Waals surface area (Å²) in [5.74, 6) is 1.10. The average molecular weight is 292 g/mol. The van der Waals surface area contributed by atoms with Gasteiger partial charge in [-0.2, -0.15) is 0 Å². The van der Waals surface area contributed by atoms with Crippen molar-refractivity contribution in [1.29, 1.82) is 0 Å². The number of hydrogen-bond donors (Lipinski definition) is 2. The first-order chi connectivity index (χ1) is 9.93. The number of phenolic OH excluding ortho intramolecular Hbond substituents is 1. The van der Waals surface area contributed by atoms with E-state index in [-0.39, 0.29) is 6.04 Å². The fourth-order valence-electron chi connectivity index (χ4n) is 2.85. The Bertz CT molecular complexity index is 468. The Morgan fingerprint density at radius 1 is 1.38 bits per heavy atom. The molecule has 0 saturated carbocycles. The SMILES string of the molecule is COc1ccc(O)c(C(C)NCC2(C)CCN(C)CC2)c1. The molecule has 0 spiro atoms. The van der Waals surface area contributed by atoms with E-state index in [4.69, 9.17) is 4.74 Å². The van der Waals surface area contributed by atoms with Crippen molar-refractivity contribution in [2.75, 3.05) is 33.8 Å². The Morgan fingerprint density at radius 3 is 2.67 bits per heavy atom. The molecule has 118 valence electrons. The number of piperidine rings is 1. The number of aromatic hydroxyl groups is 1. The van der Waals surface area contributed by atoms with Crippen LogP contribution in [0.1, 0.15) is 38.3 Å². The average Bonchev–Trinajstić information content (AvgIpc) is 2.49. The number of methoxy groups -OCH3 is 1. The minimum Gasteiger partial charge on any atom is -0.508 e. The number of likely N-dealkylation sites (tertiary alicyclic amines) is 1. The maximum absolute atomic E-state index is 10.0. The highest BCUT2D eigenvalue weighted by molar-refractivity contribution is 5.41. The van der Waals surface area contributed by atoms with Gasteiger partial charge in [0.25, 0.3) is 0 Å². The summed E-state index contributed by atoms with van der Waals surface area (Å²) in [6.07, 6.45) is 2.43. The van der Waals surface area contributed by atoms with Gasteiger partial charge in [0, 0.05) is 18.2 Å². The molecule has 0 radical (unpaired) electrons. The zero-order valence-corrected chi connectivity index (χ0v) is 13.6. The normalized spacial score (nSPS) is 20.2. The first-order valence-electron chi connectivity index (χ1n) is 7.72. The molecule has 1 aliphatic heterocycles. The third-order valence-corrected chi connectivity index (χ3v) is 4.73. The number of nitrogens with one attached hydrogen (secondary N) is 1. The molecule has 4 nitrogen and oxygen atoms in total. The van der Waals surface area contributed by atoms with Crippen LogP contribution in [0.25, 0.3) is 0 Å². The van der Waals surface area contributed by atoms with Gasteiger partial charge in [-0.05, 0) is 63.5 Å². The zero-order chi connectivity index (χ0) is 15.5. The fourth-order valence-corrected chi connectivity index (χ4v) is 2.85. The molecule has 1 heterocycles. The number of benzene rings is 1. The third-order valence-electron chi connectivity index (χ3n) is 4.73. The molecule has 1 atom stereocenters. The lowest BCUT2D eigenvalue weighted by molar-refractivity contribution is 0.134. The first-order valence-corrected chi connectivity index (χ1v) is 7.72. The monoisotopic (exact) mass is 292 g/mol. The molecular weight excluding hydrogens is 264 g/mol. The molecule has 0 aromatic heterocycles. The quantitative estimate of drug-likeness (QED) is 0.876. The topological polar surface area (TPSA) is 44.7 Å². The lowest BCUT2D eigenvalue weighted by Crippen LogP contribution is -2.42. The Kier molecular flexibility index (Phi) is 5.12. The van der Waals surface area contributed by atoms with E-state index in [9.17, 15) is 5.11 Å². The van der Waals surface area contributed by atoms with E-state index in [1.165, 1.54) is 12.8 Å². The highest BCUT2D eigenvalue weighted by Gasteiger charge is 2.29. The van der Waals surface area contributed by atoms with Crippen molar-refractivity contribution < 1.29 is 9.84 Å². The number of phenols is 1. The Hall–Kier alpha value is -1.26. The molecule has 1 unspecified atom stereocenters. The van der Waals surface area contributed by atoms with Crippen molar-refractivity contribution >= 4 is 0 Å². The standard InChI is InChI=1S/C17H28N2O2/c1-13(15-11-14(21-4)5-6-16(15)20)18-12-17(2)7-9-19(3)10-8-17/h5-6,11,13,18,20H,7-10,12H2,1-4H3. The largest absolute Gasteiger partial charge is 0.508 e. The molecular formula is C17H28N2O2. The lowest BCUT2D eigenvalue weighted by Gasteiger charge is -2.38. The fraction of sp³-hybridized carbons (Fsp3) is 0.647. The molecule has 1 aromatic rings. The molecule has 2 rings (SSSR count). The van der Waals surface area contributed by atoms with Gasteiger partial charge in [-0.25, -0.2) is 0 Å². The van der Waals surface area contributed by atoms with Crippen molar-refractivity contribution in [2.24, 2.45) is 5.41 Å². The van der Waals surface area contributed by atoms with Crippen molar-refractivity contribution in [2.45, 2.75) is 32.7 Å². The molecule has 1 aromatic carbocycles. The van der Waals surface area contributed by atoms with E-state index in [2.05, 4.69) is 31.1 Å². The summed E-state index contributed by atoms with van der Waals surface area (Å²) in [4.78, 5) is 2.39. The van der Waals surface area contributed by atoms with Gasteiger partial charge >= 0.3 is 0 Å². The minimum absolute atomic E-state index is 0.108. The van der Waals surface area contributed by atoms with Crippen LogP contribution in [0.5, 0.6) is 11.5 Å². The summed E-state index contributed by atoms with van der Waals surface area (Å²) in [7, 11) is 3.83. The number of ether oxygens (including phenoxy) is 1. The molecule has 0 amide bonds. The molecule has 0 aliphatic carbocycles. The Balaban J connectivity index is 1.97. The van der Waals surface area contributed by atoms with Crippen molar-refractivity contribution in [3.05, 3.63) is 23.8 Å². The predicted octanol–water partition coefficient (Wildman–Crippen LogP) is 2.78. The lowest BCUT2D eigenvalue weighted by atomic mass is 9.80. The Morgan fingerprint density at radius 2 is 2.05 bits per heavy atom. The van der Waals surface area contributed by atoms with Crippen LogP contribution in [-0.4, -0.2) is 43.8 Å². The molecule has 1 fully saturated rings. The summed E-state index contributed by atoms with van der Waals surface area (Å²) in [6.45, 7) is 7.74. The molecule has 1 saturated heterocycles. The summed E-state index contributed by atoms with van der Waals surface area (Å²) in [5.41, 5.74) is 1.24. The van der Waals surface area contributed by atoms with Gasteiger partial charge in [0.1, 0.15) is 11.5 Å². The van der Waals surface area contributed by atoms with E-state index in [0.29, 0.717) is 11.2 Å². The molecule has 2 N–H and O–H groups in total. The first kappa shape index (κ1) is 16.1. The molecule has 4 heteroatoms. The number of rotatable bonds is 5. The van der Waals surface area contributed by atoms with Crippen LogP contribution in [0.15, 0.2) is 18.2 Å². The van der Waals surface area contributed by atoms with Crippen molar-refractivity contribution in [3.8, 4) is 11.5 Å². The summed E-state index contributed by atoms with van der Waals surface area (Å²) < 4.78 is 5.24. The zero-order valence-electron chi connectivity index (χ0n) is 13.6. The van der Waals surface area contributed by atoms with Gasteiger partial charge < -0.3 is 20.1 Å². The molecule has 0 bridgehead atoms. The van der Waals surface area contributed by atoms with Gasteiger partial charge in [0.15, 0.2) is 0 Å². The van der Waals surface area contributed by atoms with Crippen LogP contribution < -0.4 is 10.1 Å². The minimum atomic E-state index is 0.108. The maximum atomic E-state index is 10.0. The van der Waals surface area contributed by atoms with Gasteiger partial charge in [0.05, 0.1) is 7.11 Å². The summed E-state index contributed by atoms with van der Waals surface area (Å²) in [6, 6.07) is 5.49. The highest BCUT2D eigenvalue weighted by Crippen LogP contribution is 2.32. The second kappa shape index (κ2) is 6.67. The van der Waals surface area contributed by atoms with Gasteiger partial charge in [-0.15, -0.1) is 0 Å². The van der Waals surface area contributed by atoms with Crippen LogP contribution in [0.2, 0.25) is 0 Å². The van der Waals surface area contributed by atoms with E-state index in [0.717, 1.165) is 30.9 Å². The second-order valence-electron chi connectivity index (χ2n) is 6.64. The van der Waals surface area contributed by atoms with E-state index in [1.807, 2.05) is 6.07 Å². The van der Waals surface area contributed by atoms with Crippen molar-refractivity contribution in [3.63, 3.8) is 0 Å². The van der Waals surface area contributed by atoms with Crippen LogP contribution >= 0.6 is 0 Å². The van der Waals surface area contributed by atoms with E-state index >= 15 is 0 Å². The van der Waals surface area contributed by atoms with Crippen LogP contribution in [0.3, 0.4) is 0 Å². The van der Waals surface area contributed by atoms with Gasteiger partial charge in [0.2, 0.25) is 0 Å². The molecule has 1 aliphatic rings. The maximum Gasteiger partial charge on any atom is 0.120 e. The van der Waals surface area contributed by atoms with E-state index < -0.39 is 0 Å².